The second-order valence-electron chi connectivity index (χ2n) is 7.52. The molecule has 5 heteroatoms. The number of nitrogens with one attached hydrogen (secondary N) is 1. The van der Waals surface area contributed by atoms with Crippen molar-refractivity contribution >= 4 is 17.1 Å². The van der Waals surface area contributed by atoms with E-state index in [1.54, 1.807) is 6.20 Å². The van der Waals surface area contributed by atoms with Crippen LogP contribution in [0.5, 0.6) is 0 Å². The molecule has 2 aromatic heterocycles. The van der Waals surface area contributed by atoms with Crippen molar-refractivity contribution in [1.29, 1.82) is 0 Å². The fourth-order valence-corrected chi connectivity index (χ4v) is 3.59. The lowest BCUT2D eigenvalue weighted by Crippen LogP contribution is -2.29. The lowest BCUT2D eigenvalue weighted by molar-refractivity contribution is -0.120. The van der Waals surface area contributed by atoms with Crippen molar-refractivity contribution in [2.45, 2.75) is 32.7 Å². The zero-order valence-corrected chi connectivity index (χ0v) is 17.2. The number of aromatic nitrogens is 3. The number of carbonyl (C=O) groups is 1. The van der Waals surface area contributed by atoms with Gasteiger partial charge in [-0.25, -0.2) is 9.97 Å². The fraction of sp³-hybridized carbons (Fsp3) is 0.240. The zero-order valence-electron chi connectivity index (χ0n) is 17.2. The molecule has 0 bridgehead atoms. The van der Waals surface area contributed by atoms with Crippen LogP contribution in [0.15, 0.2) is 72.9 Å². The van der Waals surface area contributed by atoms with Crippen molar-refractivity contribution in [3.8, 4) is 0 Å². The Labute approximate surface area is 176 Å². The molecule has 4 aromatic rings. The molecule has 0 aliphatic rings. The molecular formula is C25H26N4O. The Morgan fingerprint density at radius 3 is 2.53 bits per heavy atom. The van der Waals surface area contributed by atoms with Gasteiger partial charge in [-0.1, -0.05) is 60.2 Å². The molecule has 152 valence electrons. The Morgan fingerprint density at radius 1 is 0.933 bits per heavy atom. The summed E-state index contributed by atoms with van der Waals surface area (Å²) in [6, 6.07) is 22.4. The largest absolute Gasteiger partial charge is 0.354 e. The first-order chi connectivity index (χ1) is 14.7. The topological polar surface area (TPSA) is 59.8 Å². The van der Waals surface area contributed by atoms with Crippen LogP contribution in [0.3, 0.4) is 0 Å². The van der Waals surface area contributed by atoms with E-state index in [0.29, 0.717) is 19.5 Å². The molecule has 2 aromatic carbocycles. The van der Waals surface area contributed by atoms with E-state index in [1.807, 2.05) is 49.4 Å². The van der Waals surface area contributed by atoms with Gasteiger partial charge in [-0.2, -0.15) is 0 Å². The summed E-state index contributed by atoms with van der Waals surface area (Å²) in [6.45, 7) is 3.24. The first kappa shape index (κ1) is 19.8. The Morgan fingerprint density at radius 2 is 1.73 bits per heavy atom. The summed E-state index contributed by atoms with van der Waals surface area (Å²) in [4.78, 5) is 21.6. The summed E-state index contributed by atoms with van der Waals surface area (Å²) >= 11 is 0. The van der Waals surface area contributed by atoms with Gasteiger partial charge in [0, 0.05) is 25.7 Å². The number of benzene rings is 2. The number of amides is 1. The molecule has 0 aliphatic heterocycles. The standard InChI is InChI=1S/C25H26N4O/c1-19-9-11-21(12-10-19)18-24(30)26-16-17-29-23(14-13-20-6-3-2-4-7-20)28-22-8-5-15-27-25(22)29/h2-12,15H,13-14,16-18H2,1H3,(H,26,30). The van der Waals surface area contributed by atoms with Gasteiger partial charge in [0.2, 0.25) is 5.91 Å². The lowest BCUT2D eigenvalue weighted by atomic mass is 10.1. The fourth-order valence-electron chi connectivity index (χ4n) is 3.59. The van der Waals surface area contributed by atoms with Gasteiger partial charge in [-0.05, 0) is 36.6 Å². The number of rotatable bonds is 8. The van der Waals surface area contributed by atoms with E-state index in [0.717, 1.165) is 35.4 Å². The van der Waals surface area contributed by atoms with Crippen molar-refractivity contribution in [1.82, 2.24) is 19.9 Å². The predicted molar refractivity (Wildman–Crippen MR) is 119 cm³/mol. The van der Waals surface area contributed by atoms with Gasteiger partial charge >= 0.3 is 0 Å². The van der Waals surface area contributed by atoms with Crippen LogP contribution >= 0.6 is 0 Å². The maximum atomic E-state index is 12.3. The summed E-state index contributed by atoms with van der Waals surface area (Å²) in [7, 11) is 0. The Bertz CT molecular complexity index is 1120. The van der Waals surface area contributed by atoms with Crippen LogP contribution in [-0.2, 0) is 30.6 Å². The highest BCUT2D eigenvalue weighted by Crippen LogP contribution is 2.15. The molecule has 0 fully saturated rings. The van der Waals surface area contributed by atoms with Gasteiger partial charge in [0.05, 0.1) is 6.42 Å². The highest BCUT2D eigenvalue weighted by Gasteiger charge is 2.12. The molecule has 0 radical (unpaired) electrons. The molecule has 0 spiro atoms. The number of fused-ring (bicyclic) bond motifs is 1. The smallest absolute Gasteiger partial charge is 0.224 e. The number of imidazole rings is 1. The monoisotopic (exact) mass is 398 g/mol. The Balaban J connectivity index is 1.41. The van der Waals surface area contributed by atoms with E-state index >= 15 is 0 Å². The van der Waals surface area contributed by atoms with Gasteiger partial charge in [-0.15, -0.1) is 0 Å². The highest BCUT2D eigenvalue weighted by atomic mass is 16.1. The van der Waals surface area contributed by atoms with Crippen molar-refractivity contribution in [3.05, 3.63) is 95.4 Å². The molecule has 1 amide bonds. The lowest BCUT2D eigenvalue weighted by Gasteiger charge is -2.10. The summed E-state index contributed by atoms with van der Waals surface area (Å²) in [5.41, 5.74) is 5.27. The Kier molecular flexibility index (Phi) is 6.18. The van der Waals surface area contributed by atoms with Crippen LogP contribution in [0.4, 0.5) is 0 Å². The molecule has 0 unspecified atom stereocenters. The third-order valence-corrected chi connectivity index (χ3v) is 5.21. The number of nitrogens with zero attached hydrogens (tertiary/aromatic N) is 3. The van der Waals surface area contributed by atoms with Crippen LogP contribution < -0.4 is 5.32 Å². The van der Waals surface area contributed by atoms with E-state index in [4.69, 9.17) is 4.98 Å². The van der Waals surface area contributed by atoms with Crippen LogP contribution in [0.2, 0.25) is 0 Å². The molecule has 30 heavy (non-hydrogen) atoms. The molecular weight excluding hydrogens is 372 g/mol. The summed E-state index contributed by atoms with van der Waals surface area (Å²) in [5, 5.41) is 3.03. The molecule has 0 saturated carbocycles. The summed E-state index contributed by atoms with van der Waals surface area (Å²) in [5.74, 6) is 1.03. The SMILES string of the molecule is Cc1ccc(CC(=O)NCCn2c(CCc3ccccc3)nc3cccnc32)cc1. The van der Waals surface area contributed by atoms with Gasteiger partial charge in [-0.3, -0.25) is 4.79 Å². The number of pyridine rings is 1. The average molecular weight is 399 g/mol. The average Bonchev–Trinajstić information content (AvgIpc) is 3.12. The number of hydrogen-bond donors (Lipinski definition) is 1. The summed E-state index contributed by atoms with van der Waals surface area (Å²) in [6.07, 6.45) is 3.93. The quantitative estimate of drug-likeness (QED) is 0.490. The number of hydrogen-bond acceptors (Lipinski definition) is 3. The van der Waals surface area contributed by atoms with Crippen LogP contribution in [0.25, 0.3) is 11.2 Å². The van der Waals surface area contributed by atoms with Crippen molar-refractivity contribution in [2.24, 2.45) is 0 Å². The van der Waals surface area contributed by atoms with Crippen LogP contribution in [-0.4, -0.2) is 27.0 Å². The number of carbonyl (C=O) groups excluding carboxylic acids is 1. The minimum absolute atomic E-state index is 0.0297. The molecule has 0 saturated heterocycles. The van der Waals surface area contributed by atoms with Crippen molar-refractivity contribution < 1.29 is 4.79 Å². The summed E-state index contributed by atoms with van der Waals surface area (Å²) < 4.78 is 2.13. The van der Waals surface area contributed by atoms with Crippen LogP contribution in [0, 0.1) is 6.92 Å². The van der Waals surface area contributed by atoms with Crippen molar-refractivity contribution in [2.75, 3.05) is 6.54 Å². The van der Waals surface area contributed by atoms with E-state index in [-0.39, 0.29) is 5.91 Å². The molecule has 2 heterocycles. The van der Waals surface area contributed by atoms with E-state index in [2.05, 4.69) is 39.1 Å². The third kappa shape index (κ3) is 4.92. The molecule has 0 atom stereocenters. The van der Waals surface area contributed by atoms with Gasteiger partial charge in [0.25, 0.3) is 0 Å². The normalized spacial score (nSPS) is 11.0. The first-order valence-corrected chi connectivity index (χ1v) is 10.4. The molecule has 1 N–H and O–H groups in total. The van der Waals surface area contributed by atoms with E-state index in [1.165, 1.54) is 11.1 Å². The zero-order chi connectivity index (χ0) is 20.8. The molecule has 0 aliphatic carbocycles. The minimum Gasteiger partial charge on any atom is -0.354 e. The van der Waals surface area contributed by atoms with E-state index < -0.39 is 0 Å². The highest BCUT2D eigenvalue weighted by molar-refractivity contribution is 5.78. The van der Waals surface area contributed by atoms with Crippen LogP contribution in [0.1, 0.15) is 22.5 Å². The third-order valence-electron chi connectivity index (χ3n) is 5.21. The second-order valence-corrected chi connectivity index (χ2v) is 7.52. The maximum absolute atomic E-state index is 12.3. The molecule has 5 nitrogen and oxygen atoms in total. The second kappa shape index (κ2) is 9.35. The van der Waals surface area contributed by atoms with E-state index in [9.17, 15) is 4.79 Å². The predicted octanol–water partition coefficient (Wildman–Crippen LogP) is 3.88. The maximum Gasteiger partial charge on any atom is 0.224 e. The van der Waals surface area contributed by atoms with Gasteiger partial charge < -0.3 is 9.88 Å². The minimum atomic E-state index is 0.0297. The Hall–Kier alpha value is -3.47. The number of aryl methyl sites for hydroxylation is 3. The van der Waals surface area contributed by atoms with Crippen molar-refractivity contribution in [3.63, 3.8) is 0 Å². The first-order valence-electron chi connectivity index (χ1n) is 10.4. The van der Waals surface area contributed by atoms with Gasteiger partial charge in [0.15, 0.2) is 5.65 Å². The van der Waals surface area contributed by atoms with Gasteiger partial charge in [0.1, 0.15) is 11.3 Å². The molecule has 4 rings (SSSR count).